The normalized spacial score (nSPS) is 22.5. The Kier molecular flexibility index (Phi) is 6.61. The molecule has 1 heterocycles. The first kappa shape index (κ1) is 20.0. The number of benzene rings is 1. The lowest BCUT2D eigenvalue weighted by Gasteiger charge is -2.17. The van der Waals surface area contributed by atoms with Crippen LogP contribution in [-0.4, -0.2) is 30.0 Å². The highest BCUT2D eigenvalue weighted by molar-refractivity contribution is 5.64. The maximum absolute atomic E-state index is 5.90. The summed E-state index contributed by atoms with van der Waals surface area (Å²) in [6, 6.07) is 8.44. The highest BCUT2D eigenvalue weighted by Crippen LogP contribution is 2.44. The van der Waals surface area contributed by atoms with Crippen molar-refractivity contribution in [3.8, 4) is 11.3 Å². The molecule has 1 aromatic carbocycles. The number of nitrogens with zero attached hydrogens (tertiary/aromatic N) is 2. The van der Waals surface area contributed by atoms with Gasteiger partial charge in [-0.3, -0.25) is 0 Å². The Morgan fingerprint density at radius 1 is 1.15 bits per heavy atom. The monoisotopic (exact) mass is 368 g/mol. The summed E-state index contributed by atoms with van der Waals surface area (Å²) in [5.74, 6) is 1.85. The van der Waals surface area contributed by atoms with E-state index in [0.717, 1.165) is 17.9 Å². The molecular formula is C23H32N2O2. The minimum absolute atomic E-state index is 0.299. The Labute approximate surface area is 163 Å². The number of rotatable bonds is 7. The predicted molar refractivity (Wildman–Crippen MR) is 109 cm³/mol. The van der Waals surface area contributed by atoms with Crippen LogP contribution in [0.3, 0.4) is 0 Å². The second-order valence-electron chi connectivity index (χ2n) is 8.19. The molecule has 1 aliphatic rings. The Hall–Kier alpha value is -1.78. The van der Waals surface area contributed by atoms with Crippen LogP contribution in [0.5, 0.6) is 0 Å². The molecule has 1 fully saturated rings. The van der Waals surface area contributed by atoms with E-state index >= 15 is 0 Å². The molecule has 0 amide bonds. The van der Waals surface area contributed by atoms with E-state index in [-0.39, 0.29) is 0 Å². The molecule has 0 saturated heterocycles. The fourth-order valence-electron chi connectivity index (χ4n) is 4.21. The molecule has 1 aromatic heterocycles. The van der Waals surface area contributed by atoms with Gasteiger partial charge in [-0.15, -0.1) is 0 Å². The zero-order valence-corrected chi connectivity index (χ0v) is 17.2. The van der Waals surface area contributed by atoms with Gasteiger partial charge in [0.25, 0.3) is 0 Å². The lowest BCUT2D eigenvalue weighted by atomic mass is 9.92. The predicted octanol–water partition coefficient (Wildman–Crippen LogP) is 5.15. The fourth-order valence-corrected chi connectivity index (χ4v) is 4.21. The van der Waals surface area contributed by atoms with Crippen LogP contribution in [0.1, 0.15) is 56.2 Å². The summed E-state index contributed by atoms with van der Waals surface area (Å²) < 4.78 is 11.1. The average Bonchev–Trinajstić information content (AvgIpc) is 3.02. The van der Waals surface area contributed by atoms with Crippen molar-refractivity contribution in [2.24, 2.45) is 11.8 Å². The number of hydrogen-bond donors (Lipinski definition) is 0. The van der Waals surface area contributed by atoms with Gasteiger partial charge in [0.1, 0.15) is 0 Å². The second-order valence-corrected chi connectivity index (χ2v) is 8.19. The molecule has 3 unspecified atom stereocenters. The maximum Gasteiger partial charge on any atom is 0.0961 e. The summed E-state index contributed by atoms with van der Waals surface area (Å²) in [4.78, 5) is 0. The molecule has 3 atom stereocenters. The van der Waals surface area contributed by atoms with E-state index < -0.39 is 0 Å². The van der Waals surface area contributed by atoms with Crippen molar-refractivity contribution in [2.45, 2.75) is 59.2 Å². The van der Waals surface area contributed by atoms with Crippen LogP contribution >= 0.6 is 0 Å². The molecule has 0 N–H and O–H groups in total. The molecule has 4 heteroatoms. The van der Waals surface area contributed by atoms with E-state index in [1.54, 1.807) is 7.11 Å². The molecule has 146 valence electrons. The largest absolute Gasteiger partial charge is 0.380 e. The molecule has 4 nitrogen and oxygen atoms in total. The zero-order valence-electron chi connectivity index (χ0n) is 17.2. The zero-order chi connectivity index (χ0) is 19.4. The standard InChI is InChI=1S/C23H32N2O2/c1-15(2)27-14-21-11-20(10-16(21)3)22-12-24-25-23(17(22)4)19-8-6-18(7-9-19)13-26-5/h6-9,12,15-16,20-21H,10-11,13-14H2,1-5H3. The van der Waals surface area contributed by atoms with E-state index in [2.05, 4.69) is 62.2 Å². The third kappa shape index (κ3) is 4.74. The van der Waals surface area contributed by atoms with E-state index in [4.69, 9.17) is 9.47 Å². The van der Waals surface area contributed by atoms with Crippen LogP contribution in [-0.2, 0) is 16.1 Å². The van der Waals surface area contributed by atoms with Crippen LogP contribution in [0.4, 0.5) is 0 Å². The Morgan fingerprint density at radius 2 is 1.89 bits per heavy atom. The first-order chi connectivity index (χ1) is 13.0. The van der Waals surface area contributed by atoms with E-state index in [1.807, 2.05) is 6.20 Å². The summed E-state index contributed by atoms with van der Waals surface area (Å²) in [7, 11) is 1.72. The summed E-state index contributed by atoms with van der Waals surface area (Å²) in [6.07, 6.45) is 4.65. The van der Waals surface area contributed by atoms with Gasteiger partial charge in [-0.1, -0.05) is 31.2 Å². The molecule has 1 saturated carbocycles. The number of ether oxygens (including phenoxy) is 2. The molecule has 0 spiro atoms. The van der Waals surface area contributed by atoms with Gasteiger partial charge in [-0.05, 0) is 68.1 Å². The Bertz CT molecular complexity index is 743. The van der Waals surface area contributed by atoms with Crippen molar-refractivity contribution in [3.63, 3.8) is 0 Å². The van der Waals surface area contributed by atoms with Gasteiger partial charge >= 0.3 is 0 Å². The number of hydrogen-bond acceptors (Lipinski definition) is 4. The summed E-state index contributed by atoms with van der Waals surface area (Å²) >= 11 is 0. The van der Waals surface area contributed by atoms with Crippen LogP contribution in [0.2, 0.25) is 0 Å². The van der Waals surface area contributed by atoms with Crippen molar-refractivity contribution in [3.05, 3.63) is 47.2 Å². The summed E-state index contributed by atoms with van der Waals surface area (Å²) in [6.45, 7) is 10.3. The minimum Gasteiger partial charge on any atom is -0.380 e. The van der Waals surface area contributed by atoms with Crippen molar-refractivity contribution < 1.29 is 9.47 Å². The van der Waals surface area contributed by atoms with Gasteiger partial charge in [0.15, 0.2) is 0 Å². The molecule has 2 aromatic rings. The van der Waals surface area contributed by atoms with Crippen LogP contribution in [0, 0.1) is 18.8 Å². The molecular weight excluding hydrogens is 336 g/mol. The molecule has 0 bridgehead atoms. The molecule has 1 aliphatic carbocycles. The smallest absolute Gasteiger partial charge is 0.0961 e. The topological polar surface area (TPSA) is 44.2 Å². The van der Waals surface area contributed by atoms with Gasteiger partial charge < -0.3 is 9.47 Å². The van der Waals surface area contributed by atoms with Crippen LogP contribution in [0.25, 0.3) is 11.3 Å². The third-order valence-corrected chi connectivity index (χ3v) is 5.81. The van der Waals surface area contributed by atoms with E-state index in [9.17, 15) is 0 Å². The Balaban J connectivity index is 1.79. The Morgan fingerprint density at radius 3 is 2.56 bits per heavy atom. The van der Waals surface area contributed by atoms with Crippen LogP contribution in [0.15, 0.2) is 30.5 Å². The molecule has 0 radical (unpaired) electrons. The first-order valence-electron chi connectivity index (χ1n) is 10.0. The van der Waals surface area contributed by atoms with Gasteiger partial charge in [-0.25, -0.2) is 0 Å². The molecule has 0 aliphatic heterocycles. The van der Waals surface area contributed by atoms with Gasteiger partial charge in [0.2, 0.25) is 0 Å². The lowest BCUT2D eigenvalue weighted by Crippen LogP contribution is -2.15. The number of aromatic nitrogens is 2. The first-order valence-corrected chi connectivity index (χ1v) is 10.0. The fraction of sp³-hybridized carbons (Fsp3) is 0.565. The maximum atomic E-state index is 5.90. The molecule has 27 heavy (non-hydrogen) atoms. The van der Waals surface area contributed by atoms with Gasteiger partial charge in [-0.2, -0.15) is 10.2 Å². The van der Waals surface area contributed by atoms with Crippen molar-refractivity contribution in [1.29, 1.82) is 0 Å². The average molecular weight is 369 g/mol. The SMILES string of the molecule is COCc1ccc(-c2nncc(C3CC(C)C(COC(C)C)C3)c2C)cc1. The van der Waals surface area contributed by atoms with Gasteiger partial charge in [0.05, 0.1) is 31.2 Å². The van der Waals surface area contributed by atoms with Crippen LogP contribution < -0.4 is 0 Å². The van der Waals surface area contributed by atoms with Crippen molar-refractivity contribution >= 4 is 0 Å². The summed E-state index contributed by atoms with van der Waals surface area (Å²) in [5, 5.41) is 8.79. The lowest BCUT2D eigenvalue weighted by molar-refractivity contribution is 0.0430. The van der Waals surface area contributed by atoms with Crippen molar-refractivity contribution in [1.82, 2.24) is 10.2 Å². The highest BCUT2D eigenvalue weighted by Gasteiger charge is 2.33. The third-order valence-electron chi connectivity index (χ3n) is 5.81. The highest BCUT2D eigenvalue weighted by atomic mass is 16.5. The quantitative estimate of drug-likeness (QED) is 0.678. The van der Waals surface area contributed by atoms with E-state index in [1.165, 1.54) is 29.5 Å². The van der Waals surface area contributed by atoms with Crippen molar-refractivity contribution in [2.75, 3.05) is 13.7 Å². The van der Waals surface area contributed by atoms with E-state index in [0.29, 0.717) is 30.5 Å². The summed E-state index contributed by atoms with van der Waals surface area (Å²) in [5.41, 5.74) is 5.88. The molecule has 3 rings (SSSR count). The van der Waals surface area contributed by atoms with Gasteiger partial charge in [0, 0.05) is 12.7 Å². The second kappa shape index (κ2) is 8.94. The minimum atomic E-state index is 0.299. The number of methoxy groups -OCH3 is 1.